The van der Waals surface area contributed by atoms with Crippen LogP contribution in [0.5, 0.6) is 17.2 Å². The summed E-state index contributed by atoms with van der Waals surface area (Å²) in [5, 5.41) is 36.7. The Kier molecular flexibility index (Phi) is 13.5. The number of hydrogen-bond acceptors (Lipinski definition) is 10. The number of unbranched alkanes of at least 4 members (excludes halogenated alkanes) is 2. The second-order valence-electron chi connectivity index (χ2n) is 15.4. The summed E-state index contributed by atoms with van der Waals surface area (Å²) in [7, 11) is 0. The van der Waals surface area contributed by atoms with Gasteiger partial charge in [0.2, 0.25) is 5.79 Å². The predicted octanol–water partition coefficient (Wildman–Crippen LogP) is 9.90. The molecule has 10 nitrogen and oxygen atoms in total. The van der Waals surface area contributed by atoms with Crippen LogP contribution in [0.1, 0.15) is 87.7 Å². The molecule has 11 heteroatoms. The summed E-state index contributed by atoms with van der Waals surface area (Å²) in [6.45, 7) is 4.98. The van der Waals surface area contributed by atoms with Gasteiger partial charge < -0.3 is 29.3 Å². The fourth-order valence-electron chi connectivity index (χ4n) is 9.32. The van der Waals surface area contributed by atoms with Gasteiger partial charge in [-0.2, -0.15) is 0 Å². The van der Waals surface area contributed by atoms with E-state index in [1.807, 2.05) is 60.3 Å². The zero-order valence-corrected chi connectivity index (χ0v) is 32.8. The highest BCUT2D eigenvalue weighted by molar-refractivity contribution is 8.00. The van der Waals surface area contributed by atoms with E-state index in [0.717, 1.165) is 66.7 Å². The van der Waals surface area contributed by atoms with Crippen molar-refractivity contribution in [1.82, 2.24) is 0 Å². The zero-order valence-electron chi connectivity index (χ0n) is 32.0. The van der Waals surface area contributed by atoms with Gasteiger partial charge in [0.05, 0.1) is 34.5 Å². The molecule has 0 saturated heterocycles. The average molecular weight is 783 g/mol. The molecule has 2 N–H and O–H groups in total. The van der Waals surface area contributed by atoms with E-state index in [9.17, 15) is 20.3 Å². The van der Waals surface area contributed by atoms with Crippen LogP contribution < -0.4 is 9.47 Å². The van der Waals surface area contributed by atoms with E-state index in [0.29, 0.717) is 49.2 Å². The maximum absolute atomic E-state index is 11.6. The molecule has 6 atom stereocenters. The van der Waals surface area contributed by atoms with Crippen molar-refractivity contribution < 1.29 is 34.2 Å². The summed E-state index contributed by atoms with van der Waals surface area (Å²) in [4.78, 5) is 17.4. The van der Waals surface area contributed by atoms with Gasteiger partial charge >= 0.3 is 0 Å². The molecule has 3 aromatic carbocycles. The number of non-ortho nitro benzene ring substituents is 1. The number of aliphatic hydroxyl groups excluding tert-OH is 2. The van der Waals surface area contributed by atoms with Gasteiger partial charge in [0, 0.05) is 42.4 Å². The SMILES string of the molecule is C=CCO[C@@]12Oc3ccc(Oc4cccc([N+](=O)[O-])c4)cc3[C@H]3[C@H](CCCCO)[C@@H](CCCCO)C=C(C(=NOCc4ccccc4)C[C@@H]1SC1CCCC1)[C@H]32. The molecule has 0 unspecified atom stereocenters. The van der Waals surface area contributed by atoms with Crippen LogP contribution in [0.15, 0.2) is 102 Å². The molecule has 2 saturated carbocycles. The Hall–Kier alpha value is -4.16. The van der Waals surface area contributed by atoms with Crippen molar-refractivity contribution in [2.75, 3.05) is 19.8 Å². The molecule has 1 heterocycles. The molecule has 2 fully saturated rings. The molecule has 0 spiro atoms. The van der Waals surface area contributed by atoms with Crippen molar-refractivity contribution in [2.24, 2.45) is 22.9 Å². The molecule has 0 radical (unpaired) electrons. The highest BCUT2D eigenvalue weighted by atomic mass is 32.2. The molecule has 0 amide bonds. The normalized spacial score (nSPS) is 26.1. The summed E-state index contributed by atoms with van der Waals surface area (Å²) in [5.74, 6) is 0.614. The lowest BCUT2D eigenvalue weighted by Crippen LogP contribution is -2.64. The van der Waals surface area contributed by atoms with Gasteiger partial charge in [0.25, 0.3) is 5.69 Å². The van der Waals surface area contributed by atoms with E-state index in [1.165, 1.54) is 25.0 Å². The number of ether oxygens (including phenoxy) is 3. The number of nitro groups is 1. The second-order valence-corrected chi connectivity index (χ2v) is 16.9. The largest absolute Gasteiger partial charge is 0.460 e. The van der Waals surface area contributed by atoms with Crippen molar-refractivity contribution in [2.45, 2.75) is 99.4 Å². The van der Waals surface area contributed by atoms with Crippen molar-refractivity contribution in [3.8, 4) is 17.2 Å². The maximum atomic E-state index is 11.6. The first-order chi connectivity index (χ1) is 27.4. The van der Waals surface area contributed by atoms with Gasteiger partial charge in [0.1, 0.15) is 23.9 Å². The summed E-state index contributed by atoms with van der Waals surface area (Å²) < 4.78 is 20.7. The predicted molar refractivity (Wildman–Crippen MR) is 219 cm³/mol. The Labute approximate surface area is 334 Å². The van der Waals surface area contributed by atoms with Gasteiger partial charge in [-0.05, 0) is 85.8 Å². The average Bonchev–Trinajstić information content (AvgIpc) is 3.73. The first-order valence-corrected chi connectivity index (χ1v) is 21.2. The number of rotatable bonds is 19. The van der Waals surface area contributed by atoms with Crippen LogP contribution in [-0.2, 0) is 16.2 Å². The standard InChI is InChI=1S/C45H54N2O8S/c1-2-25-52-45-42(56-36-18-6-7-19-36)29-40(46-53-30-31-13-4-3-5-14-31)38-26-32(15-8-10-23-48)37(20-9-11-24-49)43(44(38)45)39-28-35(21-22-41(39)55-45)54-34-17-12-16-33(27-34)47(50)51/h2-5,12-14,16-17,21-22,26-28,32,36-37,42-44,48-49H,1,6-11,15,18-20,23-25,29-30H2/t32-,37+,42-,43+,44+,45+/m0/s1. The highest BCUT2D eigenvalue weighted by Crippen LogP contribution is 2.63. The first kappa shape index (κ1) is 40.1. The van der Waals surface area contributed by atoms with E-state index in [1.54, 1.807) is 18.2 Å². The molecular weight excluding hydrogens is 729 g/mol. The van der Waals surface area contributed by atoms with Crippen LogP contribution in [0.25, 0.3) is 0 Å². The van der Waals surface area contributed by atoms with Gasteiger partial charge in [-0.25, -0.2) is 0 Å². The monoisotopic (exact) mass is 782 g/mol. The Morgan fingerprint density at radius 2 is 1.73 bits per heavy atom. The third-order valence-electron chi connectivity index (χ3n) is 11.8. The van der Waals surface area contributed by atoms with Crippen LogP contribution in [0.4, 0.5) is 5.69 Å². The minimum atomic E-state index is -1.03. The number of aliphatic hydroxyl groups is 2. The third kappa shape index (κ3) is 8.86. The van der Waals surface area contributed by atoms with Crippen molar-refractivity contribution >= 4 is 23.2 Å². The topological polar surface area (TPSA) is 133 Å². The minimum Gasteiger partial charge on any atom is -0.460 e. The van der Waals surface area contributed by atoms with Gasteiger partial charge in [-0.3, -0.25) is 10.1 Å². The summed E-state index contributed by atoms with van der Waals surface area (Å²) in [6.07, 6.45) is 14.4. The van der Waals surface area contributed by atoms with Crippen LogP contribution >= 0.6 is 11.8 Å². The van der Waals surface area contributed by atoms with Crippen LogP contribution in [0.3, 0.4) is 0 Å². The van der Waals surface area contributed by atoms with Crippen molar-refractivity contribution in [1.29, 1.82) is 0 Å². The number of thioether (sulfide) groups is 1. The van der Waals surface area contributed by atoms with Gasteiger partial charge in [-0.15, -0.1) is 18.3 Å². The highest BCUT2D eigenvalue weighted by Gasteiger charge is 2.64. The molecule has 7 rings (SSSR count). The number of oxime groups is 1. The number of benzene rings is 3. The Morgan fingerprint density at radius 3 is 2.48 bits per heavy atom. The Balaban J connectivity index is 1.38. The number of nitrogens with zero attached hydrogens (tertiary/aromatic N) is 2. The molecule has 298 valence electrons. The lowest BCUT2D eigenvalue weighted by atomic mass is 9.56. The van der Waals surface area contributed by atoms with E-state index in [2.05, 4.69) is 12.7 Å². The lowest BCUT2D eigenvalue weighted by molar-refractivity contribution is -0.384. The molecular formula is C45H54N2O8S. The Morgan fingerprint density at radius 1 is 0.964 bits per heavy atom. The number of hydrogen-bond donors (Lipinski definition) is 2. The lowest BCUT2D eigenvalue weighted by Gasteiger charge is -2.58. The van der Waals surface area contributed by atoms with E-state index in [4.69, 9.17) is 24.2 Å². The van der Waals surface area contributed by atoms with Crippen LogP contribution in [0, 0.1) is 27.9 Å². The van der Waals surface area contributed by atoms with Crippen LogP contribution in [-0.4, -0.2) is 57.0 Å². The van der Waals surface area contributed by atoms with E-state index in [-0.39, 0.29) is 47.8 Å². The fourth-order valence-corrected chi connectivity index (χ4v) is 11.1. The van der Waals surface area contributed by atoms with E-state index >= 15 is 0 Å². The molecule has 0 bridgehead atoms. The number of allylic oxidation sites excluding steroid dienone is 1. The number of fused-ring (bicyclic) bond motifs is 2. The Bertz CT molecular complexity index is 1860. The zero-order chi connectivity index (χ0) is 38.9. The maximum Gasteiger partial charge on any atom is 0.273 e. The summed E-state index contributed by atoms with van der Waals surface area (Å²) in [5.41, 5.74) is 4.00. The fraction of sp³-hybridized carbons (Fsp3) is 0.489. The van der Waals surface area contributed by atoms with Gasteiger partial charge in [-0.1, -0.05) is 79.4 Å². The van der Waals surface area contributed by atoms with Crippen molar-refractivity contribution in [3.63, 3.8) is 0 Å². The molecule has 3 aliphatic carbocycles. The third-order valence-corrected chi connectivity index (χ3v) is 13.5. The van der Waals surface area contributed by atoms with Gasteiger partial charge in [0.15, 0.2) is 0 Å². The van der Waals surface area contributed by atoms with Crippen molar-refractivity contribution in [3.05, 3.63) is 118 Å². The second kappa shape index (κ2) is 18.9. The molecule has 4 aliphatic rings. The molecule has 0 aromatic heterocycles. The summed E-state index contributed by atoms with van der Waals surface area (Å²) >= 11 is 1.97. The number of nitro benzene ring substituents is 1. The first-order valence-electron chi connectivity index (χ1n) is 20.3. The van der Waals surface area contributed by atoms with Crippen LogP contribution in [0.2, 0.25) is 0 Å². The summed E-state index contributed by atoms with van der Waals surface area (Å²) in [6, 6.07) is 22.2. The molecule has 3 aromatic rings. The quantitative estimate of drug-likeness (QED) is 0.0528. The van der Waals surface area contributed by atoms with E-state index < -0.39 is 10.7 Å². The molecule has 56 heavy (non-hydrogen) atoms. The smallest absolute Gasteiger partial charge is 0.273 e. The molecule has 1 aliphatic heterocycles. The minimum absolute atomic E-state index is 0.0426.